The second kappa shape index (κ2) is 7.87. The van der Waals surface area contributed by atoms with Gasteiger partial charge in [0.05, 0.1) is 20.1 Å². The predicted octanol–water partition coefficient (Wildman–Crippen LogP) is 3.76. The molecule has 5 nitrogen and oxygen atoms in total. The second-order valence-electron chi connectivity index (χ2n) is 6.08. The average molecular weight is 352 g/mol. The van der Waals surface area contributed by atoms with Gasteiger partial charge in [-0.25, -0.2) is 0 Å². The van der Waals surface area contributed by atoms with E-state index in [1.54, 1.807) is 19.2 Å². The third-order valence-electron chi connectivity index (χ3n) is 4.32. The number of Topliss-reactive ketones (excluding diaryl/α,β-unsaturated/α-hetero) is 1. The lowest BCUT2D eigenvalue weighted by atomic mass is 9.86. The van der Waals surface area contributed by atoms with Crippen molar-refractivity contribution in [2.75, 3.05) is 13.7 Å². The van der Waals surface area contributed by atoms with Crippen molar-refractivity contribution in [1.29, 1.82) is 0 Å². The van der Waals surface area contributed by atoms with E-state index in [2.05, 4.69) is 0 Å². The van der Waals surface area contributed by atoms with Gasteiger partial charge in [0.1, 0.15) is 11.5 Å². The van der Waals surface area contributed by atoms with E-state index in [0.29, 0.717) is 12.2 Å². The maximum absolute atomic E-state index is 12.7. The van der Waals surface area contributed by atoms with Crippen LogP contribution in [0, 0.1) is 0 Å². The molecule has 134 valence electrons. The predicted molar refractivity (Wildman–Crippen MR) is 97.8 cm³/mol. The van der Waals surface area contributed by atoms with Crippen LogP contribution in [-0.4, -0.2) is 30.6 Å². The molecule has 0 atom stereocenters. The third-order valence-corrected chi connectivity index (χ3v) is 4.32. The van der Waals surface area contributed by atoms with Crippen LogP contribution in [0.1, 0.15) is 34.3 Å². The van der Waals surface area contributed by atoms with Gasteiger partial charge in [0.2, 0.25) is 0 Å². The summed E-state index contributed by atoms with van der Waals surface area (Å²) in [6, 6.07) is 12.8. The summed E-state index contributed by atoms with van der Waals surface area (Å²) in [5.41, 5.74) is 3.45. The number of ether oxygens (including phenoxy) is 2. The molecule has 1 aliphatic rings. The van der Waals surface area contributed by atoms with Crippen LogP contribution in [0.4, 0.5) is 0 Å². The van der Waals surface area contributed by atoms with Gasteiger partial charge in [0.15, 0.2) is 5.78 Å². The number of carboxylic acid groups (broad SMARTS) is 1. The zero-order valence-electron chi connectivity index (χ0n) is 14.5. The summed E-state index contributed by atoms with van der Waals surface area (Å²) in [6.07, 6.45) is 3.36. The number of aryl methyl sites for hydroxylation is 1. The Hall–Kier alpha value is -3.08. The first kappa shape index (κ1) is 17.7. The average Bonchev–Trinajstić information content (AvgIpc) is 2.65. The van der Waals surface area contributed by atoms with Crippen molar-refractivity contribution < 1.29 is 24.2 Å². The van der Waals surface area contributed by atoms with E-state index in [0.717, 1.165) is 34.4 Å². The molecule has 2 aromatic carbocycles. The van der Waals surface area contributed by atoms with Crippen LogP contribution < -0.4 is 9.47 Å². The number of carboxylic acids is 1. The first-order valence-electron chi connectivity index (χ1n) is 8.43. The minimum Gasteiger partial charge on any atom is -0.497 e. The molecule has 1 aliphatic carbocycles. The van der Waals surface area contributed by atoms with Gasteiger partial charge in [-0.05, 0) is 60.4 Å². The summed E-state index contributed by atoms with van der Waals surface area (Å²) < 4.78 is 10.6. The lowest BCUT2D eigenvalue weighted by Crippen LogP contribution is -2.14. The van der Waals surface area contributed by atoms with Crippen molar-refractivity contribution in [3.8, 4) is 11.5 Å². The Balaban J connectivity index is 1.71. The highest BCUT2D eigenvalue weighted by atomic mass is 16.5. The third kappa shape index (κ3) is 4.11. The van der Waals surface area contributed by atoms with Crippen molar-refractivity contribution in [2.45, 2.75) is 19.3 Å². The number of carbonyl (C=O) groups is 2. The van der Waals surface area contributed by atoms with Gasteiger partial charge in [0.25, 0.3) is 0 Å². The summed E-state index contributed by atoms with van der Waals surface area (Å²) in [5.74, 6) is 0.541. The number of rotatable bonds is 6. The van der Waals surface area contributed by atoms with Crippen LogP contribution in [0.15, 0.2) is 48.0 Å². The van der Waals surface area contributed by atoms with Gasteiger partial charge in [-0.1, -0.05) is 12.1 Å². The van der Waals surface area contributed by atoms with Gasteiger partial charge in [0, 0.05) is 11.1 Å². The molecule has 0 bridgehead atoms. The Bertz CT molecular complexity index is 849. The van der Waals surface area contributed by atoms with Gasteiger partial charge in [-0.15, -0.1) is 0 Å². The van der Waals surface area contributed by atoms with E-state index in [-0.39, 0.29) is 18.8 Å². The quantitative estimate of drug-likeness (QED) is 0.802. The molecule has 5 heteroatoms. The Morgan fingerprint density at radius 3 is 2.54 bits per heavy atom. The fraction of sp³-hybridized carbons (Fsp3) is 0.238. The minimum atomic E-state index is -0.889. The van der Waals surface area contributed by atoms with Crippen LogP contribution in [-0.2, 0) is 11.2 Å². The molecule has 0 heterocycles. The first-order valence-corrected chi connectivity index (χ1v) is 8.43. The summed E-state index contributed by atoms with van der Waals surface area (Å²) in [7, 11) is 1.62. The van der Waals surface area contributed by atoms with E-state index >= 15 is 0 Å². The summed E-state index contributed by atoms with van der Waals surface area (Å²) in [6.45, 7) is 0.133. The topological polar surface area (TPSA) is 72.8 Å². The van der Waals surface area contributed by atoms with Crippen LogP contribution in [0.5, 0.6) is 11.5 Å². The lowest BCUT2D eigenvalue weighted by molar-refractivity contribution is -0.137. The zero-order chi connectivity index (χ0) is 18.5. The maximum atomic E-state index is 12.7. The molecule has 0 radical (unpaired) electrons. The number of hydrogen-bond acceptors (Lipinski definition) is 4. The second-order valence-corrected chi connectivity index (χ2v) is 6.08. The van der Waals surface area contributed by atoms with Crippen LogP contribution in [0.2, 0.25) is 0 Å². The van der Waals surface area contributed by atoms with E-state index in [9.17, 15) is 9.59 Å². The number of fused-ring (bicyclic) bond motifs is 1. The van der Waals surface area contributed by atoms with Crippen molar-refractivity contribution in [1.82, 2.24) is 0 Å². The first-order chi connectivity index (χ1) is 12.6. The van der Waals surface area contributed by atoms with E-state index in [4.69, 9.17) is 14.6 Å². The molecule has 0 aromatic heterocycles. The van der Waals surface area contributed by atoms with E-state index < -0.39 is 5.97 Å². The number of ketones is 1. The highest BCUT2D eigenvalue weighted by Crippen LogP contribution is 2.29. The summed E-state index contributed by atoms with van der Waals surface area (Å²) in [5, 5.41) is 8.62. The molecule has 1 N–H and O–H groups in total. The lowest BCUT2D eigenvalue weighted by Gasteiger charge is -2.18. The molecule has 3 rings (SSSR count). The fourth-order valence-corrected chi connectivity index (χ4v) is 2.94. The maximum Gasteiger partial charge on any atom is 0.306 e. The number of allylic oxidation sites excluding steroid dienone is 1. The summed E-state index contributed by atoms with van der Waals surface area (Å²) in [4.78, 5) is 23.2. The molecule has 0 fully saturated rings. The highest BCUT2D eigenvalue weighted by Gasteiger charge is 2.22. The monoisotopic (exact) mass is 352 g/mol. The smallest absolute Gasteiger partial charge is 0.306 e. The standard InChI is InChI=1S/C21H20O5/c1-25-18-8-9-19-15(13-18)4-5-16(21(19)24)12-14-2-6-17(7-3-14)26-11-10-20(22)23/h2-3,6-9,12-13H,4-5,10-11H2,1H3,(H,22,23)/b16-12-. The Morgan fingerprint density at radius 2 is 1.85 bits per heavy atom. The van der Waals surface area contributed by atoms with Crippen molar-refractivity contribution >= 4 is 17.8 Å². The number of carbonyl (C=O) groups excluding carboxylic acids is 1. The molecule has 0 amide bonds. The Labute approximate surface area is 151 Å². The molecular formula is C21H20O5. The van der Waals surface area contributed by atoms with Gasteiger partial charge in [-0.2, -0.15) is 0 Å². The minimum absolute atomic E-state index is 0.0372. The Kier molecular flexibility index (Phi) is 5.37. The molecule has 0 unspecified atom stereocenters. The number of aliphatic carboxylic acids is 1. The number of benzene rings is 2. The molecule has 0 saturated heterocycles. The van der Waals surface area contributed by atoms with Gasteiger partial charge in [-0.3, -0.25) is 9.59 Å². The van der Waals surface area contributed by atoms with Gasteiger partial charge >= 0.3 is 5.97 Å². The fourth-order valence-electron chi connectivity index (χ4n) is 2.94. The van der Waals surface area contributed by atoms with Gasteiger partial charge < -0.3 is 14.6 Å². The number of methoxy groups -OCH3 is 1. The Morgan fingerprint density at radius 1 is 1.12 bits per heavy atom. The molecule has 26 heavy (non-hydrogen) atoms. The molecule has 0 aliphatic heterocycles. The summed E-state index contributed by atoms with van der Waals surface area (Å²) >= 11 is 0. The van der Waals surface area contributed by atoms with Crippen LogP contribution in [0.25, 0.3) is 6.08 Å². The largest absolute Gasteiger partial charge is 0.497 e. The normalized spacial score (nSPS) is 14.8. The van der Waals surface area contributed by atoms with Crippen molar-refractivity contribution in [3.63, 3.8) is 0 Å². The molecule has 0 saturated carbocycles. The van der Waals surface area contributed by atoms with Crippen LogP contribution >= 0.6 is 0 Å². The molecule has 0 spiro atoms. The van der Waals surface area contributed by atoms with Crippen molar-refractivity contribution in [2.24, 2.45) is 0 Å². The van der Waals surface area contributed by atoms with E-state index in [1.165, 1.54) is 0 Å². The van der Waals surface area contributed by atoms with E-state index in [1.807, 2.05) is 36.4 Å². The SMILES string of the molecule is COc1ccc2c(c1)CC/C(=C/c1ccc(OCCC(=O)O)cc1)C2=O. The number of hydrogen-bond donors (Lipinski definition) is 1. The van der Waals surface area contributed by atoms with Crippen LogP contribution in [0.3, 0.4) is 0 Å². The zero-order valence-corrected chi connectivity index (χ0v) is 14.5. The highest BCUT2D eigenvalue weighted by molar-refractivity contribution is 6.13. The molecular weight excluding hydrogens is 332 g/mol. The van der Waals surface area contributed by atoms with Crippen molar-refractivity contribution in [3.05, 3.63) is 64.7 Å². The molecule has 2 aromatic rings.